The van der Waals surface area contributed by atoms with Crippen LogP contribution in [0.3, 0.4) is 0 Å². The Bertz CT molecular complexity index is 313. The van der Waals surface area contributed by atoms with E-state index in [2.05, 4.69) is 54.4 Å². The lowest BCUT2D eigenvalue weighted by atomic mass is 9.92. The summed E-state index contributed by atoms with van der Waals surface area (Å²) in [6, 6.07) is 10.5. The van der Waals surface area contributed by atoms with Crippen molar-refractivity contribution in [2.45, 2.75) is 20.3 Å². The van der Waals surface area contributed by atoms with Gasteiger partial charge in [-0.2, -0.15) is 0 Å². The molecular weight excluding hydrogens is 208 g/mol. The van der Waals surface area contributed by atoms with Crippen LogP contribution in [0.1, 0.15) is 20.3 Å². The first-order chi connectivity index (χ1) is 8.24. The molecule has 0 saturated carbocycles. The molecule has 0 aliphatic carbocycles. The zero-order valence-corrected chi connectivity index (χ0v) is 11.0. The van der Waals surface area contributed by atoms with Gasteiger partial charge in [-0.1, -0.05) is 32.0 Å². The molecule has 2 atom stereocenters. The molecular formula is C15H24N2. The van der Waals surface area contributed by atoms with Crippen LogP contribution in [0.5, 0.6) is 0 Å². The maximum atomic E-state index is 3.48. The van der Waals surface area contributed by atoms with Gasteiger partial charge in [-0.25, -0.2) is 0 Å². The van der Waals surface area contributed by atoms with E-state index < -0.39 is 0 Å². The highest BCUT2D eigenvalue weighted by Gasteiger charge is 2.20. The molecule has 94 valence electrons. The average molecular weight is 232 g/mol. The number of piperidine rings is 1. The van der Waals surface area contributed by atoms with E-state index in [0.717, 1.165) is 24.9 Å². The maximum absolute atomic E-state index is 3.48. The van der Waals surface area contributed by atoms with Crippen molar-refractivity contribution in [3.05, 3.63) is 30.3 Å². The molecule has 17 heavy (non-hydrogen) atoms. The van der Waals surface area contributed by atoms with Crippen molar-refractivity contribution >= 4 is 5.69 Å². The molecule has 1 aliphatic rings. The van der Waals surface area contributed by atoms with E-state index in [1.54, 1.807) is 0 Å². The highest BCUT2D eigenvalue weighted by atomic mass is 15.1. The van der Waals surface area contributed by atoms with Crippen LogP contribution in [0.2, 0.25) is 0 Å². The third-order valence-electron chi connectivity index (χ3n) is 3.48. The minimum atomic E-state index is 0.857. The van der Waals surface area contributed by atoms with E-state index in [-0.39, 0.29) is 0 Å². The van der Waals surface area contributed by atoms with Gasteiger partial charge in [0.15, 0.2) is 0 Å². The van der Waals surface area contributed by atoms with Crippen LogP contribution >= 0.6 is 0 Å². The van der Waals surface area contributed by atoms with Crippen molar-refractivity contribution < 1.29 is 0 Å². The van der Waals surface area contributed by atoms with Gasteiger partial charge in [0.05, 0.1) is 0 Å². The van der Waals surface area contributed by atoms with Crippen molar-refractivity contribution in [1.82, 2.24) is 4.90 Å². The quantitative estimate of drug-likeness (QED) is 0.858. The molecule has 2 heteroatoms. The van der Waals surface area contributed by atoms with E-state index in [1.807, 2.05) is 0 Å². The zero-order chi connectivity index (χ0) is 12.1. The molecule has 1 aliphatic heterocycles. The minimum Gasteiger partial charge on any atom is -0.384 e. The average Bonchev–Trinajstić information content (AvgIpc) is 2.29. The second kappa shape index (κ2) is 6.06. The number of benzene rings is 1. The van der Waals surface area contributed by atoms with Gasteiger partial charge >= 0.3 is 0 Å². The summed E-state index contributed by atoms with van der Waals surface area (Å²) in [6.07, 6.45) is 1.39. The summed E-state index contributed by atoms with van der Waals surface area (Å²) in [4.78, 5) is 2.59. The molecule has 1 heterocycles. The molecule has 1 aromatic carbocycles. The molecule has 0 amide bonds. The van der Waals surface area contributed by atoms with E-state index >= 15 is 0 Å². The first-order valence-electron chi connectivity index (χ1n) is 6.75. The van der Waals surface area contributed by atoms with Gasteiger partial charge < -0.3 is 10.2 Å². The lowest BCUT2D eigenvalue weighted by Gasteiger charge is -2.35. The van der Waals surface area contributed by atoms with E-state index in [1.165, 1.54) is 25.2 Å². The fourth-order valence-corrected chi connectivity index (χ4v) is 2.89. The summed E-state index contributed by atoms with van der Waals surface area (Å²) in [6.45, 7) is 9.47. The molecule has 1 fully saturated rings. The topological polar surface area (TPSA) is 15.3 Å². The first-order valence-corrected chi connectivity index (χ1v) is 6.75. The van der Waals surface area contributed by atoms with E-state index in [4.69, 9.17) is 0 Å². The summed E-state index contributed by atoms with van der Waals surface area (Å²) in [5, 5.41) is 3.48. The Morgan fingerprint density at radius 3 is 2.41 bits per heavy atom. The van der Waals surface area contributed by atoms with Gasteiger partial charge in [0.25, 0.3) is 0 Å². The van der Waals surface area contributed by atoms with Crippen molar-refractivity contribution in [1.29, 1.82) is 0 Å². The van der Waals surface area contributed by atoms with Crippen LogP contribution in [0.25, 0.3) is 0 Å². The fourth-order valence-electron chi connectivity index (χ4n) is 2.89. The highest BCUT2D eigenvalue weighted by molar-refractivity contribution is 5.42. The Labute approximate surface area is 105 Å². The number of likely N-dealkylation sites (tertiary alicyclic amines) is 1. The smallest absolute Gasteiger partial charge is 0.0340 e. The van der Waals surface area contributed by atoms with Gasteiger partial charge in [-0.3, -0.25) is 0 Å². The number of rotatable bonds is 4. The molecule has 0 aromatic heterocycles. The van der Waals surface area contributed by atoms with Gasteiger partial charge in [-0.15, -0.1) is 0 Å². The largest absolute Gasteiger partial charge is 0.384 e. The van der Waals surface area contributed by atoms with Crippen molar-refractivity contribution in [2.24, 2.45) is 11.8 Å². The molecule has 0 radical (unpaired) electrons. The summed E-state index contributed by atoms with van der Waals surface area (Å²) in [7, 11) is 0. The SMILES string of the molecule is CC1CC(C)CN(CCNc2ccccc2)C1. The number of hydrogen-bond acceptors (Lipinski definition) is 2. The maximum Gasteiger partial charge on any atom is 0.0340 e. The second-order valence-corrected chi connectivity index (χ2v) is 5.50. The van der Waals surface area contributed by atoms with Crippen LogP contribution < -0.4 is 5.32 Å². The third kappa shape index (κ3) is 4.04. The van der Waals surface area contributed by atoms with Crippen LogP contribution in [0.15, 0.2) is 30.3 Å². The Morgan fingerprint density at radius 1 is 1.12 bits per heavy atom. The van der Waals surface area contributed by atoms with Gasteiger partial charge in [-0.05, 0) is 30.4 Å². The molecule has 2 rings (SSSR count). The minimum absolute atomic E-state index is 0.857. The first kappa shape index (κ1) is 12.4. The molecule has 1 saturated heterocycles. The molecule has 1 N–H and O–H groups in total. The number of nitrogens with one attached hydrogen (secondary N) is 1. The predicted molar refractivity (Wildman–Crippen MR) is 74.3 cm³/mol. The van der Waals surface area contributed by atoms with Gasteiger partial charge in [0.2, 0.25) is 0 Å². The van der Waals surface area contributed by atoms with Crippen LogP contribution in [0.4, 0.5) is 5.69 Å². The Kier molecular flexibility index (Phi) is 4.43. The molecule has 0 spiro atoms. The van der Waals surface area contributed by atoms with Crippen molar-refractivity contribution in [2.75, 3.05) is 31.5 Å². The van der Waals surface area contributed by atoms with Crippen molar-refractivity contribution in [3.8, 4) is 0 Å². The molecule has 2 unspecified atom stereocenters. The molecule has 0 bridgehead atoms. The number of anilines is 1. The van der Waals surface area contributed by atoms with E-state index in [0.29, 0.717) is 0 Å². The third-order valence-corrected chi connectivity index (χ3v) is 3.48. The lowest BCUT2D eigenvalue weighted by Crippen LogP contribution is -2.41. The van der Waals surface area contributed by atoms with E-state index in [9.17, 15) is 0 Å². The summed E-state index contributed by atoms with van der Waals surface area (Å²) in [5.41, 5.74) is 1.23. The summed E-state index contributed by atoms with van der Waals surface area (Å²) in [5.74, 6) is 1.71. The number of hydrogen-bond donors (Lipinski definition) is 1. The van der Waals surface area contributed by atoms with Crippen molar-refractivity contribution in [3.63, 3.8) is 0 Å². The lowest BCUT2D eigenvalue weighted by molar-refractivity contribution is 0.146. The predicted octanol–water partition coefficient (Wildman–Crippen LogP) is 3.08. The highest BCUT2D eigenvalue weighted by Crippen LogP contribution is 2.20. The molecule has 2 nitrogen and oxygen atoms in total. The van der Waals surface area contributed by atoms with Crippen LogP contribution in [0, 0.1) is 11.8 Å². The summed E-state index contributed by atoms with van der Waals surface area (Å²) >= 11 is 0. The fraction of sp³-hybridized carbons (Fsp3) is 0.600. The van der Waals surface area contributed by atoms with Crippen LogP contribution in [-0.4, -0.2) is 31.1 Å². The Morgan fingerprint density at radius 2 is 1.76 bits per heavy atom. The van der Waals surface area contributed by atoms with Gasteiger partial charge in [0.1, 0.15) is 0 Å². The Balaban J connectivity index is 1.71. The Hall–Kier alpha value is -1.02. The van der Waals surface area contributed by atoms with Gasteiger partial charge in [0, 0.05) is 31.9 Å². The standard InChI is InChI=1S/C15H24N2/c1-13-10-14(2)12-17(11-13)9-8-16-15-6-4-3-5-7-15/h3-7,13-14,16H,8-12H2,1-2H3. The molecule has 1 aromatic rings. The monoisotopic (exact) mass is 232 g/mol. The normalized spacial score (nSPS) is 25.8. The number of nitrogens with zero attached hydrogens (tertiary/aromatic N) is 1. The summed E-state index contributed by atoms with van der Waals surface area (Å²) < 4.78 is 0. The number of para-hydroxylation sites is 1. The zero-order valence-electron chi connectivity index (χ0n) is 11.0. The second-order valence-electron chi connectivity index (χ2n) is 5.50. The van der Waals surface area contributed by atoms with Crippen LogP contribution in [-0.2, 0) is 0 Å².